The normalized spacial score (nSPS) is 13.9. The van der Waals surface area contributed by atoms with E-state index in [0.29, 0.717) is 66.0 Å². The summed E-state index contributed by atoms with van der Waals surface area (Å²) in [5.74, 6) is -0.776. The zero-order valence-electron chi connectivity index (χ0n) is 18.3. The van der Waals surface area contributed by atoms with Gasteiger partial charge in [-0.3, -0.25) is 4.79 Å². The monoisotopic (exact) mass is 520 g/mol. The summed E-state index contributed by atoms with van der Waals surface area (Å²) in [5, 5.41) is 14.5. The number of carbonyl (C=O) groups is 1. The molecule has 0 saturated carbocycles. The van der Waals surface area contributed by atoms with Gasteiger partial charge >= 0.3 is 5.97 Å². The number of aryl methyl sites for hydroxylation is 1. The summed E-state index contributed by atoms with van der Waals surface area (Å²) in [6.45, 7) is 5.46. The van der Waals surface area contributed by atoms with Crippen LogP contribution in [0.15, 0.2) is 35.4 Å². The Kier molecular flexibility index (Phi) is 7.20. The Hall–Kier alpha value is -2.95. The Labute approximate surface area is 210 Å². The van der Waals surface area contributed by atoms with Gasteiger partial charge in [0.1, 0.15) is 11.2 Å². The molecule has 1 aromatic carbocycles. The van der Waals surface area contributed by atoms with E-state index in [9.17, 15) is 14.7 Å². The van der Waals surface area contributed by atoms with Crippen molar-refractivity contribution in [2.45, 2.75) is 20.0 Å². The number of nitrogens with one attached hydrogen (secondary N) is 1. The minimum absolute atomic E-state index is 0.190. The fourth-order valence-corrected chi connectivity index (χ4v) is 4.65. The highest BCUT2D eigenvalue weighted by Gasteiger charge is 2.22. The van der Waals surface area contributed by atoms with E-state index in [-0.39, 0.29) is 10.9 Å². The molecule has 1 fully saturated rings. The molecule has 0 aliphatic carbocycles. The van der Waals surface area contributed by atoms with Gasteiger partial charge in [-0.05, 0) is 42.9 Å². The third kappa shape index (κ3) is 5.08. The molecule has 2 N–H and O–H groups in total. The summed E-state index contributed by atoms with van der Waals surface area (Å²) in [6, 6.07) is 5.37. The SMILES string of the molecule is CCn1cc(C(=O)O)c(=O)c2cnc(N3CCN(C(=S)NCc4cc(Cl)cc(Cl)c4)CC3)nc21. The van der Waals surface area contributed by atoms with Crippen LogP contribution in [0.2, 0.25) is 10.0 Å². The number of carboxylic acids is 1. The largest absolute Gasteiger partial charge is 0.477 e. The Morgan fingerprint density at radius 1 is 1.18 bits per heavy atom. The summed E-state index contributed by atoms with van der Waals surface area (Å²) < 4.78 is 1.66. The van der Waals surface area contributed by atoms with E-state index in [2.05, 4.69) is 20.2 Å². The molecular formula is C22H22Cl2N6O3S. The number of benzene rings is 1. The van der Waals surface area contributed by atoms with Crippen LogP contribution in [-0.2, 0) is 13.1 Å². The van der Waals surface area contributed by atoms with E-state index >= 15 is 0 Å². The molecule has 1 aliphatic rings. The van der Waals surface area contributed by atoms with Crippen molar-refractivity contribution in [3.63, 3.8) is 0 Å². The van der Waals surface area contributed by atoms with E-state index in [1.165, 1.54) is 12.4 Å². The van der Waals surface area contributed by atoms with Gasteiger partial charge in [-0.25, -0.2) is 9.78 Å². The Balaban J connectivity index is 1.43. The maximum Gasteiger partial charge on any atom is 0.341 e. The number of halogens is 2. The molecule has 4 rings (SSSR count). The molecule has 0 bridgehead atoms. The molecule has 2 aromatic heterocycles. The first-order valence-electron chi connectivity index (χ1n) is 10.6. The van der Waals surface area contributed by atoms with Crippen LogP contribution in [0.4, 0.5) is 5.95 Å². The maximum absolute atomic E-state index is 12.5. The first-order chi connectivity index (χ1) is 16.3. The molecule has 0 radical (unpaired) electrons. The van der Waals surface area contributed by atoms with Crippen LogP contribution in [-0.4, -0.2) is 61.8 Å². The van der Waals surface area contributed by atoms with Crippen molar-refractivity contribution >= 4 is 63.5 Å². The minimum Gasteiger partial charge on any atom is -0.477 e. The van der Waals surface area contributed by atoms with E-state index in [1.54, 1.807) is 10.6 Å². The second-order valence-corrected chi connectivity index (χ2v) is 9.04. The molecule has 9 nitrogen and oxygen atoms in total. The lowest BCUT2D eigenvalue weighted by molar-refractivity contribution is 0.0695. The Bertz CT molecular complexity index is 1300. The number of aromatic carboxylic acids is 1. The maximum atomic E-state index is 12.5. The molecule has 1 aliphatic heterocycles. The number of fused-ring (bicyclic) bond motifs is 1. The lowest BCUT2D eigenvalue weighted by atomic mass is 10.2. The predicted octanol–water partition coefficient (Wildman–Crippen LogP) is 3.01. The molecular weight excluding hydrogens is 499 g/mol. The van der Waals surface area contributed by atoms with Crippen LogP contribution in [0.3, 0.4) is 0 Å². The second-order valence-electron chi connectivity index (χ2n) is 7.78. The number of aromatic nitrogens is 3. The topological polar surface area (TPSA) is 104 Å². The number of anilines is 1. The summed E-state index contributed by atoms with van der Waals surface area (Å²) in [6.07, 6.45) is 2.74. The summed E-state index contributed by atoms with van der Waals surface area (Å²) in [4.78, 5) is 36.9. The second kappa shape index (κ2) is 10.1. The zero-order valence-corrected chi connectivity index (χ0v) is 20.6. The smallest absolute Gasteiger partial charge is 0.341 e. The van der Waals surface area contributed by atoms with E-state index < -0.39 is 11.4 Å². The van der Waals surface area contributed by atoms with Crippen molar-refractivity contribution in [1.82, 2.24) is 24.8 Å². The number of thiocarbonyl (C=S) groups is 1. The number of piperazine rings is 1. The van der Waals surface area contributed by atoms with E-state index in [0.717, 1.165) is 5.56 Å². The fraction of sp³-hybridized carbons (Fsp3) is 0.318. The van der Waals surface area contributed by atoms with E-state index in [1.807, 2.05) is 24.0 Å². The van der Waals surface area contributed by atoms with Crippen LogP contribution < -0.4 is 15.6 Å². The van der Waals surface area contributed by atoms with Crippen molar-refractivity contribution < 1.29 is 9.90 Å². The lowest BCUT2D eigenvalue weighted by Crippen LogP contribution is -2.52. The summed E-state index contributed by atoms with van der Waals surface area (Å²) in [7, 11) is 0. The third-order valence-corrected chi connectivity index (χ3v) is 6.43. The number of nitrogens with zero attached hydrogens (tertiary/aromatic N) is 5. The van der Waals surface area contributed by atoms with Gasteiger partial charge in [0.2, 0.25) is 11.4 Å². The number of carboxylic acid groups (broad SMARTS) is 1. The van der Waals surface area contributed by atoms with Crippen LogP contribution in [0.25, 0.3) is 11.0 Å². The third-order valence-electron chi connectivity index (χ3n) is 5.59. The molecule has 34 heavy (non-hydrogen) atoms. The highest BCUT2D eigenvalue weighted by molar-refractivity contribution is 7.80. The molecule has 0 atom stereocenters. The van der Waals surface area contributed by atoms with Gasteiger partial charge in [0, 0.05) is 61.7 Å². The number of hydrogen-bond donors (Lipinski definition) is 2. The number of hydrogen-bond acceptors (Lipinski definition) is 6. The number of rotatable bonds is 5. The van der Waals surface area contributed by atoms with Gasteiger partial charge in [0.25, 0.3) is 0 Å². The minimum atomic E-state index is -1.27. The highest BCUT2D eigenvalue weighted by Crippen LogP contribution is 2.19. The van der Waals surface area contributed by atoms with Crippen LogP contribution in [0, 0.1) is 0 Å². The fourth-order valence-electron chi connectivity index (χ4n) is 3.82. The van der Waals surface area contributed by atoms with Gasteiger partial charge in [0.15, 0.2) is 5.11 Å². The number of pyridine rings is 1. The van der Waals surface area contributed by atoms with Gasteiger partial charge in [-0.15, -0.1) is 0 Å². The molecule has 3 aromatic rings. The first-order valence-corrected chi connectivity index (χ1v) is 11.8. The predicted molar refractivity (Wildman–Crippen MR) is 136 cm³/mol. The van der Waals surface area contributed by atoms with Gasteiger partial charge in [0.05, 0.1) is 5.39 Å². The van der Waals surface area contributed by atoms with Crippen LogP contribution in [0.1, 0.15) is 22.8 Å². The van der Waals surface area contributed by atoms with E-state index in [4.69, 9.17) is 35.4 Å². The van der Waals surface area contributed by atoms with Crippen LogP contribution in [0.5, 0.6) is 0 Å². The van der Waals surface area contributed by atoms with Crippen molar-refractivity contribution in [3.8, 4) is 0 Å². The molecule has 12 heteroatoms. The van der Waals surface area contributed by atoms with Crippen molar-refractivity contribution in [2.75, 3.05) is 31.1 Å². The van der Waals surface area contributed by atoms with Gasteiger partial charge in [-0.2, -0.15) is 4.98 Å². The first kappa shape index (κ1) is 24.2. The van der Waals surface area contributed by atoms with Gasteiger partial charge < -0.3 is 24.8 Å². The van der Waals surface area contributed by atoms with Crippen LogP contribution >= 0.6 is 35.4 Å². The summed E-state index contributed by atoms with van der Waals surface area (Å²) in [5.41, 5.74) is 0.486. The molecule has 0 amide bonds. The zero-order chi connectivity index (χ0) is 24.4. The van der Waals surface area contributed by atoms with Crippen molar-refractivity contribution in [1.29, 1.82) is 0 Å². The molecule has 0 spiro atoms. The van der Waals surface area contributed by atoms with Crippen molar-refractivity contribution in [2.24, 2.45) is 0 Å². The highest BCUT2D eigenvalue weighted by atomic mass is 35.5. The molecule has 178 valence electrons. The Morgan fingerprint density at radius 3 is 2.47 bits per heavy atom. The average molecular weight is 521 g/mol. The van der Waals surface area contributed by atoms with Gasteiger partial charge in [-0.1, -0.05) is 23.2 Å². The lowest BCUT2D eigenvalue weighted by Gasteiger charge is -2.36. The molecule has 1 saturated heterocycles. The summed E-state index contributed by atoms with van der Waals surface area (Å²) >= 11 is 17.7. The quantitative estimate of drug-likeness (QED) is 0.491. The molecule has 3 heterocycles. The standard InChI is InChI=1S/C22H22Cl2N6O3S/c1-2-28-12-17(20(32)33)18(31)16-11-25-21(27-19(16)28)29-3-5-30(6-4-29)22(34)26-10-13-7-14(23)9-15(24)8-13/h7-9,11-12H,2-6,10H2,1H3,(H,26,34)(H,32,33). The average Bonchev–Trinajstić information content (AvgIpc) is 2.82. The Morgan fingerprint density at radius 2 is 1.85 bits per heavy atom. The molecule has 0 unspecified atom stereocenters. The van der Waals surface area contributed by atoms with Crippen molar-refractivity contribution in [3.05, 3.63) is 62.0 Å².